The molecule has 0 unspecified atom stereocenters. The fourth-order valence-corrected chi connectivity index (χ4v) is 2.41. The van der Waals surface area contributed by atoms with Crippen molar-refractivity contribution in [3.63, 3.8) is 0 Å². The van der Waals surface area contributed by atoms with Crippen LogP contribution in [0.4, 0.5) is 5.69 Å². The topological polar surface area (TPSA) is 53.6 Å². The number of carbonyl (C=O) groups excluding carboxylic acids is 1. The summed E-state index contributed by atoms with van der Waals surface area (Å²) in [5.74, 6) is 1.29. The SMILES string of the molecule is C[C@@H]1CNC[C@H]1C(=O)Nc1cccc(OCCN(C)C)c1.Cl. The number of ether oxygens (including phenoxy) is 1. The number of amides is 1. The first-order chi connectivity index (χ1) is 10.1. The summed E-state index contributed by atoms with van der Waals surface area (Å²) < 4.78 is 5.68. The second-order valence-electron chi connectivity index (χ2n) is 5.91. The molecule has 1 aliphatic heterocycles. The standard InChI is InChI=1S/C16H25N3O2.ClH/c1-12-10-17-11-15(12)16(20)18-13-5-4-6-14(9-13)21-8-7-19(2)3;/h4-6,9,12,15,17H,7-8,10-11H2,1-3H3,(H,18,20);1H/t12-,15-;/m1./s1. The van der Waals surface area contributed by atoms with Gasteiger partial charge >= 0.3 is 0 Å². The highest BCUT2D eigenvalue weighted by Gasteiger charge is 2.29. The van der Waals surface area contributed by atoms with E-state index in [4.69, 9.17) is 4.74 Å². The zero-order chi connectivity index (χ0) is 15.2. The van der Waals surface area contributed by atoms with Crippen LogP contribution in [-0.2, 0) is 4.79 Å². The zero-order valence-corrected chi connectivity index (χ0v) is 14.3. The highest BCUT2D eigenvalue weighted by molar-refractivity contribution is 5.93. The summed E-state index contributed by atoms with van der Waals surface area (Å²) in [6, 6.07) is 7.58. The van der Waals surface area contributed by atoms with Gasteiger partial charge in [-0.2, -0.15) is 0 Å². The van der Waals surface area contributed by atoms with Gasteiger partial charge in [-0.1, -0.05) is 13.0 Å². The van der Waals surface area contributed by atoms with Crippen LogP contribution in [0.25, 0.3) is 0 Å². The Hall–Kier alpha value is -1.30. The minimum atomic E-state index is 0. The third kappa shape index (κ3) is 5.48. The third-order valence-corrected chi connectivity index (χ3v) is 3.76. The van der Waals surface area contributed by atoms with Gasteiger partial charge in [0.1, 0.15) is 12.4 Å². The molecule has 1 amide bonds. The van der Waals surface area contributed by atoms with Crippen molar-refractivity contribution in [3.8, 4) is 5.75 Å². The van der Waals surface area contributed by atoms with Gasteiger partial charge in [0.2, 0.25) is 5.91 Å². The van der Waals surface area contributed by atoms with E-state index in [0.29, 0.717) is 12.5 Å². The number of nitrogens with zero attached hydrogens (tertiary/aromatic N) is 1. The van der Waals surface area contributed by atoms with E-state index in [2.05, 4.69) is 22.5 Å². The molecule has 1 fully saturated rings. The van der Waals surface area contributed by atoms with Crippen LogP contribution in [0, 0.1) is 11.8 Å². The minimum Gasteiger partial charge on any atom is -0.492 e. The van der Waals surface area contributed by atoms with Crippen LogP contribution in [0.5, 0.6) is 5.75 Å². The predicted molar refractivity (Wildman–Crippen MR) is 91.9 cm³/mol. The summed E-state index contributed by atoms with van der Waals surface area (Å²) in [6.07, 6.45) is 0. The van der Waals surface area contributed by atoms with Gasteiger partial charge in [-0.15, -0.1) is 12.4 Å². The minimum absolute atomic E-state index is 0. The van der Waals surface area contributed by atoms with Gasteiger partial charge in [0.05, 0.1) is 5.92 Å². The molecule has 22 heavy (non-hydrogen) atoms. The number of hydrogen-bond donors (Lipinski definition) is 2. The Labute approximate surface area is 138 Å². The molecular formula is C16H26ClN3O2. The van der Waals surface area contributed by atoms with E-state index in [1.54, 1.807) is 0 Å². The van der Waals surface area contributed by atoms with E-state index in [0.717, 1.165) is 31.1 Å². The van der Waals surface area contributed by atoms with E-state index in [1.165, 1.54) is 0 Å². The maximum absolute atomic E-state index is 12.2. The lowest BCUT2D eigenvalue weighted by Gasteiger charge is -2.15. The Morgan fingerprint density at radius 2 is 2.18 bits per heavy atom. The number of hydrogen-bond acceptors (Lipinski definition) is 4. The molecule has 1 saturated heterocycles. The molecule has 1 aromatic carbocycles. The van der Waals surface area contributed by atoms with Crippen molar-refractivity contribution < 1.29 is 9.53 Å². The quantitative estimate of drug-likeness (QED) is 0.837. The van der Waals surface area contributed by atoms with E-state index < -0.39 is 0 Å². The fraction of sp³-hybridized carbons (Fsp3) is 0.562. The number of halogens is 1. The Morgan fingerprint density at radius 3 is 2.82 bits per heavy atom. The second kappa shape index (κ2) is 8.98. The molecule has 2 N–H and O–H groups in total. The molecule has 0 aromatic heterocycles. The molecule has 6 heteroatoms. The van der Waals surface area contributed by atoms with E-state index in [-0.39, 0.29) is 24.2 Å². The van der Waals surface area contributed by atoms with Crippen molar-refractivity contribution >= 4 is 24.0 Å². The Balaban J connectivity index is 0.00000242. The second-order valence-corrected chi connectivity index (χ2v) is 5.91. The molecule has 5 nitrogen and oxygen atoms in total. The monoisotopic (exact) mass is 327 g/mol. The van der Waals surface area contributed by atoms with Crippen molar-refractivity contribution in [3.05, 3.63) is 24.3 Å². The Kier molecular flexibility index (Phi) is 7.65. The van der Waals surface area contributed by atoms with Gasteiger partial charge in [-0.05, 0) is 38.7 Å². The number of carbonyl (C=O) groups is 1. The first-order valence-corrected chi connectivity index (χ1v) is 7.45. The van der Waals surface area contributed by atoms with Crippen LogP contribution in [0.2, 0.25) is 0 Å². The highest BCUT2D eigenvalue weighted by Crippen LogP contribution is 2.21. The zero-order valence-electron chi connectivity index (χ0n) is 13.5. The molecule has 0 aliphatic carbocycles. The lowest BCUT2D eigenvalue weighted by atomic mass is 9.97. The van der Waals surface area contributed by atoms with Crippen molar-refractivity contribution in [1.82, 2.24) is 10.2 Å². The van der Waals surface area contributed by atoms with Crippen molar-refractivity contribution in [2.45, 2.75) is 6.92 Å². The number of rotatable bonds is 6. The predicted octanol–water partition coefficient (Wildman–Crippen LogP) is 1.84. The van der Waals surface area contributed by atoms with Gasteiger partial charge in [0.25, 0.3) is 0 Å². The smallest absolute Gasteiger partial charge is 0.229 e. The normalized spacial score (nSPS) is 20.5. The molecule has 0 saturated carbocycles. The van der Waals surface area contributed by atoms with Crippen molar-refractivity contribution in [1.29, 1.82) is 0 Å². The number of anilines is 1. The molecule has 0 bridgehead atoms. The van der Waals surface area contributed by atoms with E-state index in [9.17, 15) is 4.79 Å². The fourth-order valence-electron chi connectivity index (χ4n) is 2.41. The van der Waals surface area contributed by atoms with Gasteiger partial charge < -0.3 is 20.3 Å². The summed E-state index contributed by atoms with van der Waals surface area (Å²) in [6.45, 7) is 5.26. The van der Waals surface area contributed by atoms with Crippen LogP contribution in [0.3, 0.4) is 0 Å². The molecule has 2 rings (SSSR count). The Bertz CT molecular complexity index is 482. The molecule has 1 heterocycles. The number of likely N-dealkylation sites (N-methyl/N-ethyl adjacent to an activating group) is 1. The average molecular weight is 328 g/mol. The summed E-state index contributed by atoms with van der Waals surface area (Å²) in [7, 11) is 4.02. The summed E-state index contributed by atoms with van der Waals surface area (Å²) >= 11 is 0. The number of benzene rings is 1. The molecule has 0 radical (unpaired) electrons. The molecule has 0 spiro atoms. The largest absolute Gasteiger partial charge is 0.492 e. The van der Waals surface area contributed by atoms with Crippen molar-refractivity contribution in [2.24, 2.45) is 11.8 Å². The van der Waals surface area contributed by atoms with Gasteiger partial charge in [0.15, 0.2) is 0 Å². The molecule has 2 atom stereocenters. The average Bonchev–Trinajstić information content (AvgIpc) is 2.85. The van der Waals surface area contributed by atoms with Crippen LogP contribution in [0.15, 0.2) is 24.3 Å². The summed E-state index contributed by atoms with van der Waals surface area (Å²) in [4.78, 5) is 14.3. The van der Waals surface area contributed by atoms with E-state index in [1.807, 2.05) is 38.4 Å². The number of nitrogens with one attached hydrogen (secondary N) is 2. The Morgan fingerprint density at radius 1 is 1.41 bits per heavy atom. The van der Waals surface area contributed by atoms with Gasteiger partial charge in [-0.25, -0.2) is 0 Å². The lowest BCUT2D eigenvalue weighted by Crippen LogP contribution is -2.27. The highest BCUT2D eigenvalue weighted by atomic mass is 35.5. The maximum Gasteiger partial charge on any atom is 0.229 e. The molecule has 1 aliphatic rings. The van der Waals surface area contributed by atoms with Crippen LogP contribution < -0.4 is 15.4 Å². The molecule has 1 aromatic rings. The van der Waals surface area contributed by atoms with Crippen LogP contribution in [-0.4, -0.2) is 51.1 Å². The van der Waals surface area contributed by atoms with Crippen LogP contribution >= 0.6 is 12.4 Å². The molecular weight excluding hydrogens is 302 g/mol. The third-order valence-electron chi connectivity index (χ3n) is 3.76. The lowest BCUT2D eigenvalue weighted by molar-refractivity contribution is -0.120. The van der Waals surface area contributed by atoms with E-state index >= 15 is 0 Å². The van der Waals surface area contributed by atoms with Crippen LogP contribution in [0.1, 0.15) is 6.92 Å². The first-order valence-electron chi connectivity index (χ1n) is 7.45. The summed E-state index contributed by atoms with van der Waals surface area (Å²) in [5, 5.41) is 6.23. The van der Waals surface area contributed by atoms with Crippen molar-refractivity contribution in [2.75, 3.05) is 45.7 Å². The maximum atomic E-state index is 12.2. The first kappa shape index (κ1) is 18.7. The summed E-state index contributed by atoms with van der Waals surface area (Å²) in [5.41, 5.74) is 0.793. The van der Waals surface area contributed by atoms with Gasteiger partial charge in [0, 0.05) is 24.8 Å². The van der Waals surface area contributed by atoms with Gasteiger partial charge in [-0.3, -0.25) is 4.79 Å². The molecule has 124 valence electrons.